The molecule has 2 unspecified atom stereocenters. The molecule has 1 aromatic carbocycles. The predicted molar refractivity (Wildman–Crippen MR) is 142 cm³/mol. The highest BCUT2D eigenvalue weighted by molar-refractivity contribution is 7.90. The number of sulfone groups is 1. The number of hydrogen-bond acceptors (Lipinski definition) is 8. The van der Waals surface area contributed by atoms with Gasteiger partial charge < -0.3 is 9.80 Å². The first-order valence-electron chi connectivity index (χ1n) is 12.6. The SMILES string of the molecule is CCN(CC1CCN(c2ccccn2)CC1C(F)(F)F)c1ncnc2c1cnn2-c1ccc(S(C)(=O)=O)cc1F. The van der Waals surface area contributed by atoms with Crippen LogP contribution >= 0.6 is 0 Å². The summed E-state index contributed by atoms with van der Waals surface area (Å²) in [5, 5.41) is 4.68. The van der Waals surface area contributed by atoms with Crippen molar-refractivity contribution in [1.29, 1.82) is 0 Å². The Morgan fingerprint density at radius 3 is 2.58 bits per heavy atom. The van der Waals surface area contributed by atoms with Crippen LogP contribution < -0.4 is 9.80 Å². The van der Waals surface area contributed by atoms with Gasteiger partial charge in [-0.25, -0.2) is 32.4 Å². The zero-order valence-corrected chi connectivity index (χ0v) is 22.6. The van der Waals surface area contributed by atoms with Gasteiger partial charge in [0.1, 0.15) is 29.5 Å². The van der Waals surface area contributed by atoms with E-state index in [1.54, 1.807) is 34.2 Å². The summed E-state index contributed by atoms with van der Waals surface area (Å²) >= 11 is 0. The molecule has 0 saturated carbocycles. The number of rotatable bonds is 7. The first kappa shape index (κ1) is 27.7. The Hall–Kier alpha value is -3.81. The van der Waals surface area contributed by atoms with Crippen LogP contribution in [0.2, 0.25) is 0 Å². The monoisotopic (exact) mass is 577 g/mol. The fourth-order valence-corrected chi connectivity index (χ4v) is 5.77. The fourth-order valence-electron chi connectivity index (χ4n) is 5.14. The van der Waals surface area contributed by atoms with Gasteiger partial charge in [0, 0.05) is 38.6 Å². The molecule has 5 rings (SSSR count). The van der Waals surface area contributed by atoms with Crippen molar-refractivity contribution in [3.8, 4) is 5.69 Å². The first-order valence-corrected chi connectivity index (χ1v) is 14.5. The molecule has 0 N–H and O–H groups in total. The van der Waals surface area contributed by atoms with E-state index in [2.05, 4.69) is 20.1 Å². The molecule has 0 bridgehead atoms. The van der Waals surface area contributed by atoms with E-state index in [0.717, 1.165) is 12.3 Å². The molecule has 4 heterocycles. The van der Waals surface area contributed by atoms with Crippen LogP contribution in [0, 0.1) is 17.7 Å². The third kappa shape index (κ3) is 5.44. The Morgan fingerprint density at radius 2 is 1.93 bits per heavy atom. The highest BCUT2D eigenvalue weighted by atomic mass is 32.2. The lowest BCUT2D eigenvalue weighted by Gasteiger charge is -2.41. The van der Waals surface area contributed by atoms with Crippen LogP contribution in [-0.2, 0) is 9.84 Å². The second-order valence-corrected chi connectivity index (χ2v) is 11.8. The minimum absolute atomic E-state index is 0.0193. The van der Waals surface area contributed by atoms with Crippen molar-refractivity contribution in [3.63, 3.8) is 0 Å². The van der Waals surface area contributed by atoms with E-state index in [1.165, 1.54) is 29.3 Å². The molecule has 14 heteroatoms. The number of halogens is 4. The quantitative estimate of drug-likeness (QED) is 0.300. The maximum absolute atomic E-state index is 14.9. The summed E-state index contributed by atoms with van der Waals surface area (Å²) in [5.41, 5.74) is 0.223. The summed E-state index contributed by atoms with van der Waals surface area (Å²) in [6, 6.07) is 8.66. The smallest absolute Gasteiger partial charge is 0.356 e. The molecule has 40 heavy (non-hydrogen) atoms. The molecule has 2 atom stereocenters. The second-order valence-electron chi connectivity index (χ2n) is 9.75. The molecular weight excluding hydrogens is 550 g/mol. The summed E-state index contributed by atoms with van der Waals surface area (Å²) in [6.07, 6.45) is 1.14. The average molecular weight is 578 g/mol. The number of fused-ring (bicyclic) bond motifs is 1. The molecule has 1 aliphatic heterocycles. The third-order valence-electron chi connectivity index (χ3n) is 7.21. The summed E-state index contributed by atoms with van der Waals surface area (Å²) in [4.78, 5) is 16.1. The number of benzene rings is 1. The number of aromatic nitrogens is 5. The van der Waals surface area contributed by atoms with Crippen LogP contribution in [0.1, 0.15) is 13.3 Å². The number of pyridine rings is 1. The standard InChI is InChI=1S/C26H27F4N7O2S/c1-3-35(14-17-9-11-36(15-20(17)26(28,29)30)23-6-4-5-10-31-23)24-19-13-34-37(25(19)33-16-32-24)22-8-7-18(12-21(22)27)40(2,38)39/h4-8,10,12-13,16-17,20H,3,9,11,14-15H2,1-2H3. The summed E-state index contributed by atoms with van der Waals surface area (Å²) in [6.45, 7) is 2.55. The first-order chi connectivity index (χ1) is 19.0. The van der Waals surface area contributed by atoms with Gasteiger partial charge in [0.2, 0.25) is 0 Å². The Balaban J connectivity index is 1.44. The maximum Gasteiger partial charge on any atom is 0.393 e. The van der Waals surface area contributed by atoms with Gasteiger partial charge in [0.05, 0.1) is 22.4 Å². The molecular formula is C26H27F4N7O2S. The number of anilines is 2. The van der Waals surface area contributed by atoms with Crippen molar-refractivity contribution in [2.45, 2.75) is 24.4 Å². The normalized spacial score (nSPS) is 18.3. The van der Waals surface area contributed by atoms with Crippen LogP contribution in [0.15, 0.2) is 60.0 Å². The topological polar surface area (TPSA) is 97.1 Å². The number of hydrogen-bond donors (Lipinski definition) is 0. The van der Waals surface area contributed by atoms with Crippen molar-refractivity contribution in [1.82, 2.24) is 24.7 Å². The van der Waals surface area contributed by atoms with Crippen LogP contribution in [0.4, 0.5) is 29.2 Å². The molecule has 212 valence electrons. The highest BCUT2D eigenvalue weighted by Crippen LogP contribution is 2.39. The van der Waals surface area contributed by atoms with E-state index in [1.807, 2.05) is 6.92 Å². The number of alkyl halides is 3. The van der Waals surface area contributed by atoms with Gasteiger partial charge in [-0.1, -0.05) is 6.07 Å². The summed E-state index contributed by atoms with van der Waals surface area (Å²) in [7, 11) is -3.61. The summed E-state index contributed by atoms with van der Waals surface area (Å²) < 4.78 is 82.5. The van der Waals surface area contributed by atoms with Crippen LogP contribution in [0.3, 0.4) is 0 Å². The van der Waals surface area contributed by atoms with Crippen molar-refractivity contribution < 1.29 is 26.0 Å². The molecule has 1 aliphatic rings. The van der Waals surface area contributed by atoms with Gasteiger partial charge >= 0.3 is 6.18 Å². The maximum atomic E-state index is 14.9. The molecule has 9 nitrogen and oxygen atoms in total. The molecule has 0 amide bonds. The Bertz CT molecular complexity index is 1610. The molecule has 1 saturated heterocycles. The van der Waals surface area contributed by atoms with Crippen LogP contribution in [0.25, 0.3) is 16.7 Å². The van der Waals surface area contributed by atoms with Crippen molar-refractivity contribution in [2.75, 3.05) is 42.2 Å². The van der Waals surface area contributed by atoms with E-state index < -0.39 is 33.7 Å². The molecule has 0 spiro atoms. The number of piperidine rings is 1. The van der Waals surface area contributed by atoms with Gasteiger partial charge in [-0.3, -0.25) is 0 Å². The van der Waals surface area contributed by atoms with Gasteiger partial charge in [0.15, 0.2) is 15.5 Å². The van der Waals surface area contributed by atoms with Gasteiger partial charge in [0.25, 0.3) is 0 Å². The summed E-state index contributed by atoms with van der Waals surface area (Å²) in [5.74, 6) is -2.17. The molecule has 1 fully saturated rings. The zero-order chi connectivity index (χ0) is 28.7. The van der Waals surface area contributed by atoms with E-state index in [0.29, 0.717) is 36.5 Å². The molecule has 4 aromatic rings. The van der Waals surface area contributed by atoms with Crippen LogP contribution in [0.5, 0.6) is 0 Å². The van der Waals surface area contributed by atoms with E-state index in [9.17, 15) is 26.0 Å². The lowest BCUT2D eigenvalue weighted by Crippen LogP contribution is -2.50. The van der Waals surface area contributed by atoms with E-state index in [4.69, 9.17) is 0 Å². The lowest BCUT2D eigenvalue weighted by molar-refractivity contribution is -0.188. The van der Waals surface area contributed by atoms with Crippen molar-refractivity contribution in [3.05, 3.63) is 60.9 Å². The molecule has 0 radical (unpaired) electrons. The highest BCUT2D eigenvalue weighted by Gasteiger charge is 2.48. The Labute approximate surface area is 228 Å². The lowest BCUT2D eigenvalue weighted by atomic mass is 9.84. The fraction of sp³-hybridized carbons (Fsp3) is 0.385. The minimum Gasteiger partial charge on any atom is -0.356 e. The van der Waals surface area contributed by atoms with E-state index in [-0.39, 0.29) is 29.3 Å². The van der Waals surface area contributed by atoms with Crippen molar-refractivity contribution >= 4 is 32.5 Å². The van der Waals surface area contributed by atoms with Crippen LogP contribution in [-0.4, -0.2) is 71.8 Å². The minimum atomic E-state index is -4.40. The second kappa shape index (κ2) is 10.6. The van der Waals surface area contributed by atoms with Gasteiger partial charge in [-0.05, 0) is 49.6 Å². The predicted octanol–water partition coefficient (Wildman–Crippen LogP) is 4.28. The van der Waals surface area contributed by atoms with E-state index >= 15 is 0 Å². The Morgan fingerprint density at radius 1 is 1.12 bits per heavy atom. The number of nitrogens with zero attached hydrogens (tertiary/aromatic N) is 7. The molecule has 0 aliphatic carbocycles. The molecule has 3 aromatic heterocycles. The average Bonchev–Trinajstić information content (AvgIpc) is 3.35. The largest absolute Gasteiger partial charge is 0.393 e. The van der Waals surface area contributed by atoms with Gasteiger partial charge in [-0.15, -0.1) is 0 Å². The van der Waals surface area contributed by atoms with Gasteiger partial charge in [-0.2, -0.15) is 18.3 Å². The Kier molecular flexibility index (Phi) is 7.38. The van der Waals surface area contributed by atoms with Crippen molar-refractivity contribution in [2.24, 2.45) is 11.8 Å². The zero-order valence-electron chi connectivity index (χ0n) is 21.8. The third-order valence-corrected chi connectivity index (χ3v) is 8.32.